The smallest absolute Gasteiger partial charge is 0.0741 e. The molecule has 0 radical (unpaired) electrons. The van der Waals surface area contributed by atoms with E-state index in [0.717, 1.165) is 25.7 Å². The van der Waals surface area contributed by atoms with E-state index in [9.17, 15) is 5.11 Å². The van der Waals surface area contributed by atoms with E-state index in [0.29, 0.717) is 5.41 Å². The van der Waals surface area contributed by atoms with Crippen LogP contribution in [0.3, 0.4) is 0 Å². The molecule has 1 fully saturated rings. The number of hydrogen-bond donors (Lipinski definition) is 3. The standard InChI is InChI=1S/C11H23NO2/c1-11(2)5-3-8(4-6-11)10(14)9(12)7-13/h8-10,13-14H,3-7,12H2,1-2H3/t9-,10+/m0/s1. The third kappa shape index (κ3) is 2.94. The molecule has 0 amide bonds. The van der Waals surface area contributed by atoms with E-state index in [1.807, 2.05) is 0 Å². The topological polar surface area (TPSA) is 66.5 Å². The molecule has 1 rings (SSSR count). The van der Waals surface area contributed by atoms with Gasteiger partial charge in [0, 0.05) is 0 Å². The van der Waals surface area contributed by atoms with Crippen LogP contribution >= 0.6 is 0 Å². The Labute approximate surface area is 86.3 Å². The molecule has 14 heavy (non-hydrogen) atoms. The summed E-state index contributed by atoms with van der Waals surface area (Å²) in [5.41, 5.74) is 6.03. The molecule has 0 aromatic heterocycles. The molecule has 3 heteroatoms. The van der Waals surface area contributed by atoms with Crippen molar-refractivity contribution in [2.75, 3.05) is 6.61 Å². The van der Waals surface area contributed by atoms with Crippen molar-refractivity contribution in [3.63, 3.8) is 0 Å². The minimum atomic E-state index is -0.531. The summed E-state index contributed by atoms with van der Waals surface area (Å²) in [6, 6.07) is -0.471. The van der Waals surface area contributed by atoms with Crippen molar-refractivity contribution < 1.29 is 10.2 Å². The van der Waals surface area contributed by atoms with Crippen LogP contribution in [0.1, 0.15) is 39.5 Å². The normalized spacial score (nSPS) is 27.2. The molecular formula is C11H23NO2. The number of aliphatic hydroxyl groups excluding tert-OH is 2. The van der Waals surface area contributed by atoms with Crippen LogP contribution in [-0.2, 0) is 0 Å². The zero-order valence-corrected chi connectivity index (χ0v) is 9.24. The molecule has 0 spiro atoms. The molecule has 0 bridgehead atoms. The maximum Gasteiger partial charge on any atom is 0.0741 e. The van der Waals surface area contributed by atoms with Gasteiger partial charge in [0.25, 0.3) is 0 Å². The minimum Gasteiger partial charge on any atom is -0.395 e. The summed E-state index contributed by atoms with van der Waals surface area (Å²) in [7, 11) is 0. The van der Waals surface area contributed by atoms with Crippen LogP contribution in [0, 0.1) is 11.3 Å². The van der Waals surface area contributed by atoms with Gasteiger partial charge in [-0.15, -0.1) is 0 Å². The number of rotatable bonds is 3. The predicted octanol–water partition coefficient (Wildman–Crippen LogP) is 0.883. The summed E-state index contributed by atoms with van der Waals surface area (Å²) in [6.07, 6.45) is 3.82. The van der Waals surface area contributed by atoms with Gasteiger partial charge in [0.2, 0.25) is 0 Å². The van der Waals surface area contributed by atoms with Gasteiger partial charge in [0.1, 0.15) is 0 Å². The quantitative estimate of drug-likeness (QED) is 0.635. The highest BCUT2D eigenvalue weighted by atomic mass is 16.3. The Bertz CT molecular complexity index is 172. The molecule has 1 aliphatic rings. The van der Waals surface area contributed by atoms with Crippen molar-refractivity contribution in [2.45, 2.75) is 51.7 Å². The molecule has 1 aliphatic carbocycles. The lowest BCUT2D eigenvalue weighted by atomic mass is 9.71. The molecule has 0 saturated heterocycles. The third-order valence-corrected chi connectivity index (χ3v) is 3.52. The first-order valence-electron chi connectivity index (χ1n) is 5.51. The van der Waals surface area contributed by atoms with Gasteiger partial charge < -0.3 is 15.9 Å². The molecule has 0 aliphatic heterocycles. The Morgan fingerprint density at radius 2 is 1.86 bits per heavy atom. The molecule has 1 saturated carbocycles. The lowest BCUT2D eigenvalue weighted by molar-refractivity contribution is 0.0249. The van der Waals surface area contributed by atoms with Crippen LogP contribution in [0.2, 0.25) is 0 Å². The summed E-state index contributed by atoms with van der Waals surface area (Å²) in [4.78, 5) is 0. The van der Waals surface area contributed by atoms with Crippen molar-refractivity contribution in [3.05, 3.63) is 0 Å². The molecular weight excluding hydrogens is 178 g/mol. The summed E-state index contributed by atoms with van der Waals surface area (Å²) in [6.45, 7) is 4.41. The summed E-state index contributed by atoms with van der Waals surface area (Å²) < 4.78 is 0. The van der Waals surface area contributed by atoms with Crippen LogP contribution in [0.25, 0.3) is 0 Å². The van der Waals surface area contributed by atoms with Crippen LogP contribution in [0.5, 0.6) is 0 Å². The summed E-state index contributed by atoms with van der Waals surface area (Å²) in [5, 5.41) is 18.7. The van der Waals surface area contributed by atoms with Gasteiger partial charge in [-0.2, -0.15) is 0 Å². The lowest BCUT2D eigenvalue weighted by Crippen LogP contribution is -2.44. The Morgan fingerprint density at radius 1 is 1.36 bits per heavy atom. The van der Waals surface area contributed by atoms with Crippen LogP contribution in [0.15, 0.2) is 0 Å². The van der Waals surface area contributed by atoms with Crippen molar-refractivity contribution in [1.29, 1.82) is 0 Å². The number of aliphatic hydroxyl groups is 2. The molecule has 3 nitrogen and oxygen atoms in total. The van der Waals surface area contributed by atoms with Gasteiger partial charge in [-0.3, -0.25) is 0 Å². The van der Waals surface area contributed by atoms with Crippen LogP contribution in [-0.4, -0.2) is 29.0 Å². The van der Waals surface area contributed by atoms with Gasteiger partial charge in [-0.1, -0.05) is 13.8 Å². The average Bonchev–Trinajstić information content (AvgIpc) is 2.15. The Balaban J connectivity index is 2.41. The first-order valence-corrected chi connectivity index (χ1v) is 5.51. The van der Waals surface area contributed by atoms with E-state index in [1.165, 1.54) is 0 Å². The SMILES string of the molecule is CC1(C)CCC([C@@H](O)[C@@H](N)CO)CC1. The van der Waals surface area contributed by atoms with Crippen molar-refractivity contribution in [3.8, 4) is 0 Å². The first-order chi connectivity index (χ1) is 6.46. The molecule has 0 aromatic rings. The van der Waals surface area contributed by atoms with Gasteiger partial charge in [0.15, 0.2) is 0 Å². The molecule has 0 unspecified atom stereocenters. The highest BCUT2D eigenvalue weighted by molar-refractivity contribution is 4.85. The fraction of sp³-hybridized carbons (Fsp3) is 1.00. The Hall–Kier alpha value is -0.120. The predicted molar refractivity (Wildman–Crippen MR) is 56.8 cm³/mol. The maximum absolute atomic E-state index is 9.83. The van der Waals surface area contributed by atoms with E-state index in [4.69, 9.17) is 10.8 Å². The van der Waals surface area contributed by atoms with Crippen molar-refractivity contribution >= 4 is 0 Å². The molecule has 0 aromatic carbocycles. The monoisotopic (exact) mass is 201 g/mol. The average molecular weight is 201 g/mol. The van der Waals surface area contributed by atoms with Gasteiger partial charge in [-0.05, 0) is 37.0 Å². The maximum atomic E-state index is 9.83. The second-order valence-corrected chi connectivity index (χ2v) is 5.34. The second kappa shape index (κ2) is 4.60. The highest BCUT2D eigenvalue weighted by Gasteiger charge is 2.32. The molecule has 0 heterocycles. The number of nitrogens with two attached hydrogens (primary N) is 1. The van der Waals surface area contributed by atoms with E-state index in [1.54, 1.807) is 0 Å². The van der Waals surface area contributed by atoms with Crippen molar-refractivity contribution in [2.24, 2.45) is 17.1 Å². The number of hydrogen-bond acceptors (Lipinski definition) is 3. The van der Waals surface area contributed by atoms with Crippen molar-refractivity contribution in [1.82, 2.24) is 0 Å². The second-order valence-electron chi connectivity index (χ2n) is 5.34. The largest absolute Gasteiger partial charge is 0.395 e. The van der Waals surface area contributed by atoms with Crippen LogP contribution in [0.4, 0.5) is 0 Å². The first kappa shape index (κ1) is 12.0. The van der Waals surface area contributed by atoms with Crippen LogP contribution < -0.4 is 5.73 Å². The zero-order chi connectivity index (χ0) is 10.8. The molecule has 4 N–H and O–H groups in total. The highest BCUT2D eigenvalue weighted by Crippen LogP contribution is 2.39. The molecule has 2 atom stereocenters. The summed E-state index contributed by atoms with van der Waals surface area (Å²) >= 11 is 0. The van der Waals surface area contributed by atoms with Gasteiger partial charge in [0.05, 0.1) is 18.8 Å². The van der Waals surface area contributed by atoms with Gasteiger partial charge >= 0.3 is 0 Å². The Morgan fingerprint density at radius 3 is 2.29 bits per heavy atom. The van der Waals surface area contributed by atoms with E-state index >= 15 is 0 Å². The lowest BCUT2D eigenvalue weighted by Gasteiger charge is -2.37. The van der Waals surface area contributed by atoms with E-state index in [-0.39, 0.29) is 12.5 Å². The summed E-state index contributed by atoms with van der Waals surface area (Å²) in [5.74, 6) is 0.283. The minimum absolute atomic E-state index is 0.124. The third-order valence-electron chi connectivity index (χ3n) is 3.52. The fourth-order valence-electron chi connectivity index (χ4n) is 2.22. The fourth-order valence-corrected chi connectivity index (χ4v) is 2.22. The van der Waals surface area contributed by atoms with E-state index in [2.05, 4.69) is 13.8 Å². The molecule has 84 valence electrons. The Kier molecular flexibility index (Phi) is 3.93. The zero-order valence-electron chi connectivity index (χ0n) is 9.24. The van der Waals surface area contributed by atoms with Gasteiger partial charge in [-0.25, -0.2) is 0 Å². The van der Waals surface area contributed by atoms with E-state index < -0.39 is 12.1 Å².